The van der Waals surface area contributed by atoms with Crippen molar-refractivity contribution < 1.29 is 97.6 Å². The number of benzene rings is 2. The number of aliphatic hydroxyl groups excluding tert-OH is 4. The zero-order valence-electron chi connectivity index (χ0n) is 62.2. The maximum absolute atomic E-state index is 15.5. The number of ether oxygens (including phenoxy) is 2. The number of anilines is 2. The number of carbonyl (C=O) groups is 12. The summed E-state index contributed by atoms with van der Waals surface area (Å²) in [6.45, 7) is 21.9. The Morgan fingerprint density at radius 1 is 0.425 bits per heavy atom. The minimum absolute atomic E-state index is 0.0334. The third-order valence-corrected chi connectivity index (χ3v) is 21.2. The Balaban J connectivity index is 1.01. The van der Waals surface area contributed by atoms with Crippen LogP contribution in [0.25, 0.3) is 11.1 Å². The maximum Gasteiger partial charge on any atom is 0.329 e. The summed E-state index contributed by atoms with van der Waals surface area (Å²) in [4.78, 5) is 180. The molecule has 106 heavy (non-hydrogen) atoms. The van der Waals surface area contributed by atoms with Crippen LogP contribution in [0.2, 0.25) is 0 Å². The van der Waals surface area contributed by atoms with E-state index in [0.29, 0.717) is 11.1 Å². The number of rotatable bonds is 11. The van der Waals surface area contributed by atoms with E-state index < -0.39 is 228 Å². The molecule has 8 heterocycles. The number of fused-ring (bicyclic) bond motifs is 12. The lowest BCUT2D eigenvalue weighted by Gasteiger charge is -2.40. The summed E-state index contributed by atoms with van der Waals surface area (Å²) < 4.78 is 11.9. The molecule has 582 valence electrons. The van der Waals surface area contributed by atoms with Crippen molar-refractivity contribution in [1.82, 2.24) is 62.6 Å². The highest BCUT2D eigenvalue weighted by Crippen LogP contribution is 2.53. The average molecular weight is 1490 g/mol. The normalized spacial score (nSPS) is 33.7. The molecule has 8 aliphatic rings. The standard InChI is InChI=1S/C72H104N14O20/c1-29(2)19-45-57(91)81-53(35(13)87)63(97)83-49(61(95)79-51(31(5)6)67(101)105-55(33(9)10)65(99)85-47(59(93)75-45)23-39(89)27-73-85)25-71(103)41-21-37(15-17-43(41)77-69(71)83)38-16-18-44-42(22-38)72(104)26-50-62(96)80-52(32(7)8)68(102)106-56(34(11)12)66(100)86-48(24-40(90)28-74-86)60(94)76-46(20-30(3)4)58(92)82-54(36(14)88)64(98)84(50)70(72)78-44/h15-18,21-22,29-36,39-40,45-56,69-70,73-74,77-78,87-90,103-104H,19-20,23-28H2,1-14H3,(H,75,93)(H,76,94)(H,79,95)(H,80,96)(H,81,91)(H,82,92)/t35-,36-,39+,40+,45-,46-,47+,48+,49-,50-,51+,52+,53+,54+,55-,56-,69-,70-,71-,72-/m0/s1. The van der Waals surface area contributed by atoms with E-state index in [4.69, 9.17) is 9.47 Å². The Bertz CT molecular complexity index is 3540. The lowest BCUT2D eigenvalue weighted by Crippen LogP contribution is -2.67. The predicted octanol–water partition coefficient (Wildman–Crippen LogP) is -2.40. The van der Waals surface area contributed by atoms with Crippen LogP contribution in [-0.2, 0) is 78.2 Å². The number of cyclic esters (lactones) is 2. The highest BCUT2D eigenvalue weighted by Gasteiger charge is 2.64. The molecule has 6 saturated heterocycles. The number of amides is 10. The largest absolute Gasteiger partial charge is 0.450 e. The number of esters is 2. The highest BCUT2D eigenvalue weighted by atomic mass is 16.6. The molecule has 0 unspecified atom stereocenters. The van der Waals surface area contributed by atoms with Gasteiger partial charge >= 0.3 is 11.9 Å². The quantitative estimate of drug-likeness (QED) is 0.104. The second-order valence-electron chi connectivity index (χ2n) is 31.8. The molecule has 10 amide bonds. The van der Waals surface area contributed by atoms with E-state index in [2.05, 4.69) is 53.4 Å². The van der Waals surface area contributed by atoms with Crippen LogP contribution in [0.5, 0.6) is 0 Å². The van der Waals surface area contributed by atoms with E-state index in [-0.39, 0.29) is 73.1 Å². The van der Waals surface area contributed by atoms with E-state index in [1.165, 1.54) is 13.8 Å². The van der Waals surface area contributed by atoms with Crippen molar-refractivity contribution in [3.63, 3.8) is 0 Å². The van der Waals surface area contributed by atoms with Crippen molar-refractivity contribution in [2.75, 3.05) is 23.7 Å². The molecule has 0 spiro atoms. The van der Waals surface area contributed by atoms with Gasteiger partial charge in [0.15, 0.2) is 12.2 Å². The van der Waals surface area contributed by atoms with Gasteiger partial charge in [-0.05, 0) is 97.6 Å². The van der Waals surface area contributed by atoms with Gasteiger partial charge in [0.05, 0.1) is 24.4 Å². The molecule has 34 nitrogen and oxygen atoms in total. The van der Waals surface area contributed by atoms with Gasteiger partial charge in [-0.15, -0.1) is 0 Å². The van der Waals surface area contributed by atoms with Crippen molar-refractivity contribution in [2.24, 2.45) is 35.5 Å². The fourth-order valence-electron chi connectivity index (χ4n) is 15.5. The molecule has 0 radical (unpaired) electrons. The number of β-amino-alcohol motifs (C(OH)–C–C–N with tert-alkyl or cyclic N) is 2. The minimum atomic E-state index is -2.21. The van der Waals surface area contributed by atoms with Gasteiger partial charge in [-0.2, -0.15) is 0 Å². The van der Waals surface area contributed by atoms with Crippen molar-refractivity contribution >= 4 is 82.4 Å². The van der Waals surface area contributed by atoms with E-state index in [1.54, 1.807) is 119 Å². The zero-order chi connectivity index (χ0) is 77.9. The first kappa shape index (κ1) is 79.9. The lowest BCUT2D eigenvalue weighted by molar-refractivity contribution is -0.172. The van der Waals surface area contributed by atoms with Crippen molar-refractivity contribution in [1.29, 1.82) is 0 Å². The monoisotopic (exact) mass is 1480 g/mol. The number of hydrogen-bond donors (Lipinski definition) is 16. The van der Waals surface area contributed by atoms with Crippen molar-refractivity contribution in [2.45, 2.75) is 256 Å². The molecule has 20 atom stereocenters. The van der Waals surface area contributed by atoms with Crippen LogP contribution in [0.15, 0.2) is 36.4 Å². The molecular weight excluding hydrogens is 1380 g/mol. The zero-order valence-corrected chi connectivity index (χ0v) is 62.2. The second-order valence-corrected chi connectivity index (χ2v) is 31.8. The van der Waals surface area contributed by atoms with Gasteiger partial charge in [0.1, 0.15) is 84.0 Å². The number of carbonyl (C=O) groups excluding carboxylic acids is 12. The Morgan fingerprint density at radius 2 is 0.755 bits per heavy atom. The van der Waals surface area contributed by atoms with E-state index >= 15 is 19.2 Å². The van der Waals surface area contributed by atoms with Gasteiger partial charge in [-0.3, -0.25) is 58.0 Å². The summed E-state index contributed by atoms with van der Waals surface area (Å²) in [7, 11) is 0. The predicted molar refractivity (Wildman–Crippen MR) is 376 cm³/mol. The molecule has 6 fully saturated rings. The van der Waals surface area contributed by atoms with E-state index in [9.17, 15) is 69.0 Å². The van der Waals surface area contributed by atoms with Crippen LogP contribution < -0.4 is 53.4 Å². The van der Waals surface area contributed by atoms with Gasteiger partial charge in [0.2, 0.25) is 47.3 Å². The molecule has 8 aliphatic heterocycles. The van der Waals surface area contributed by atoms with Crippen LogP contribution in [0.3, 0.4) is 0 Å². The Hall–Kier alpha value is -8.64. The molecular formula is C72H104N14O20. The fourth-order valence-corrected chi connectivity index (χ4v) is 15.5. The first-order valence-electron chi connectivity index (χ1n) is 36.7. The SMILES string of the molecule is CC(C)C[C@@H]1NC(=O)[C@H]2C[C@@H](O)CNN2C(=O)[C@H](C(C)C)OC(=O)[C@@H](C(C)C)NC(=O)[C@@H]2C[C@]3(O)c4cc(-c5ccc6c(c5)[C@@]5(O)C[C@H]7C(=O)N[C@H](C(C)C)C(=O)O[C@@H](C(C)C)C(=O)N8NC[C@H](O)C[C@@H]8C(=O)N[C@@H](CC(C)C)C(=O)N[C@H]([C@H](C)O)C(=O)N7[C@@H]5N6)ccc4N[C@H]3N2C(=O)[C@@H]([C@H](C)O)NC1=O. The first-order valence-corrected chi connectivity index (χ1v) is 36.7. The third-order valence-electron chi connectivity index (χ3n) is 21.2. The molecule has 0 aliphatic carbocycles. The lowest BCUT2D eigenvalue weighted by atomic mass is 9.86. The molecule has 0 bridgehead atoms. The fraction of sp³-hybridized carbons (Fsp3) is 0.667. The van der Waals surface area contributed by atoms with Crippen molar-refractivity contribution in [3.8, 4) is 11.1 Å². The topological polar surface area (TPSA) is 478 Å². The molecule has 0 saturated carbocycles. The maximum atomic E-state index is 15.5. The highest BCUT2D eigenvalue weighted by molar-refractivity contribution is 6.01. The molecule has 0 aromatic heterocycles. The van der Waals surface area contributed by atoms with Crippen LogP contribution in [0.4, 0.5) is 11.4 Å². The van der Waals surface area contributed by atoms with E-state index in [1.807, 2.05) is 0 Å². The molecule has 2 aromatic rings. The van der Waals surface area contributed by atoms with Gasteiger partial charge in [0, 0.05) is 61.3 Å². The van der Waals surface area contributed by atoms with Gasteiger partial charge in [-0.1, -0.05) is 95.2 Å². The van der Waals surface area contributed by atoms with Gasteiger partial charge in [0.25, 0.3) is 11.8 Å². The van der Waals surface area contributed by atoms with E-state index in [0.717, 1.165) is 19.8 Å². The van der Waals surface area contributed by atoms with Gasteiger partial charge in [-0.25, -0.2) is 20.4 Å². The Morgan fingerprint density at radius 3 is 1.07 bits per heavy atom. The summed E-state index contributed by atoms with van der Waals surface area (Å²) in [6.07, 6.45) is -13.7. The number of nitrogens with one attached hydrogen (secondary N) is 10. The van der Waals surface area contributed by atoms with Crippen LogP contribution in [0, 0.1) is 35.5 Å². The summed E-state index contributed by atoms with van der Waals surface area (Å²) >= 11 is 0. The van der Waals surface area contributed by atoms with Crippen LogP contribution >= 0.6 is 0 Å². The van der Waals surface area contributed by atoms with Crippen LogP contribution in [-0.4, -0.2) is 244 Å². The number of hydrogen-bond acceptors (Lipinski definition) is 24. The van der Waals surface area contributed by atoms with Crippen molar-refractivity contribution in [3.05, 3.63) is 47.5 Å². The van der Waals surface area contributed by atoms with Gasteiger partial charge < -0.3 is 92.4 Å². The molecule has 2 aromatic carbocycles. The first-order chi connectivity index (χ1) is 49.7. The summed E-state index contributed by atoms with van der Waals surface area (Å²) in [5.41, 5.74) is 2.62. The number of aliphatic hydroxyl groups is 6. The number of hydrazine groups is 2. The average Bonchev–Trinajstić information content (AvgIpc) is 1.55. The summed E-state index contributed by atoms with van der Waals surface area (Å²) in [5.74, 6) is -15.1. The molecule has 10 rings (SSSR count). The summed E-state index contributed by atoms with van der Waals surface area (Å²) in [5, 5.41) is 95.6. The minimum Gasteiger partial charge on any atom is -0.450 e. The number of nitrogens with zero attached hydrogens (tertiary/aromatic N) is 4. The van der Waals surface area contributed by atoms with Crippen LogP contribution in [0.1, 0.15) is 147 Å². The molecule has 16 N–H and O–H groups in total. The Labute approximate surface area is 614 Å². The summed E-state index contributed by atoms with van der Waals surface area (Å²) in [6, 6.07) is -6.29. The third kappa shape index (κ3) is 15.6. The Kier molecular flexibility index (Phi) is 23.6. The molecule has 34 heteroatoms. The second kappa shape index (κ2) is 31.3. The smallest absolute Gasteiger partial charge is 0.329 e.